The Morgan fingerprint density at radius 1 is 1.44 bits per heavy atom. The van der Waals surface area contributed by atoms with E-state index in [1.54, 1.807) is 0 Å². The van der Waals surface area contributed by atoms with E-state index in [9.17, 15) is 0 Å². The van der Waals surface area contributed by atoms with Gasteiger partial charge in [0, 0.05) is 19.1 Å². The van der Waals surface area contributed by atoms with E-state index in [2.05, 4.69) is 21.8 Å². The average Bonchev–Trinajstić information content (AvgIpc) is 3.10. The van der Waals surface area contributed by atoms with E-state index in [1.165, 1.54) is 31.4 Å². The molecule has 0 radical (unpaired) electrons. The van der Waals surface area contributed by atoms with E-state index < -0.39 is 0 Å². The molecule has 1 aromatic rings. The molecule has 1 saturated heterocycles. The van der Waals surface area contributed by atoms with Gasteiger partial charge in [-0.2, -0.15) is 0 Å². The van der Waals surface area contributed by atoms with Crippen LogP contribution in [0.15, 0.2) is 12.5 Å². The van der Waals surface area contributed by atoms with Crippen molar-refractivity contribution >= 4 is 0 Å². The SMILES string of the molecule is CC(C1CCCC1)n1cncc1C1CNCCO1. The summed E-state index contributed by atoms with van der Waals surface area (Å²) in [6, 6.07) is 0.551. The molecule has 2 atom stereocenters. The lowest BCUT2D eigenvalue weighted by Crippen LogP contribution is -2.34. The maximum Gasteiger partial charge on any atom is 0.111 e. The Bertz CT molecular complexity index is 378. The molecule has 2 fully saturated rings. The van der Waals surface area contributed by atoms with E-state index in [1.807, 2.05) is 12.5 Å². The Kier molecular flexibility index (Phi) is 3.66. The molecule has 0 bridgehead atoms. The van der Waals surface area contributed by atoms with E-state index >= 15 is 0 Å². The van der Waals surface area contributed by atoms with Gasteiger partial charge in [0.2, 0.25) is 0 Å². The van der Waals surface area contributed by atoms with E-state index in [0.717, 1.165) is 25.6 Å². The highest BCUT2D eigenvalue weighted by molar-refractivity contribution is 5.07. The molecule has 4 heteroatoms. The summed E-state index contributed by atoms with van der Waals surface area (Å²) < 4.78 is 8.19. The molecular weight excluding hydrogens is 226 g/mol. The van der Waals surface area contributed by atoms with Crippen LogP contribution in [0.25, 0.3) is 0 Å². The van der Waals surface area contributed by atoms with E-state index in [4.69, 9.17) is 4.74 Å². The van der Waals surface area contributed by atoms with Gasteiger partial charge < -0.3 is 14.6 Å². The third-order valence-electron chi connectivity index (χ3n) is 4.47. The first-order valence-corrected chi connectivity index (χ1v) is 7.20. The van der Waals surface area contributed by atoms with Gasteiger partial charge in [-0.1, -0.05) is 12.8 Å². The first kappa shape index (κ1) is 12.2. The lowest BCUT2D eigenvalue weighted by atomic mass is 9.99. The third-order valence-corrected chi connectivity index (χ3v) is 4.47. The Morgan fingerprint density at radius 2 is 2.28 bits per heavy atom. The summed E-state index contributed by atoms with van der Waals surface area (Å²) in [7, 11) is 0. The molecule has 0 spiro atoms. The number of ether oxygens (including phenoxy) is 1. The topological polar surface area (TPSA) is 39.1 Å². The van der Waals surface area contributed by atoms with Gasteiger partial charge in [0.1, 0.15) is 6.10 Å². The standard InChI is InChI=1S/C14H23N3O/c1-11(12-4-2-3-5-12)17-10-16-8-13(17)14-9-15-6-7-18-14/h8,10-12,14-15H,2-7,9H2,1H3. The fourth-order valence-electron chi connectivity index (χ4n) is 3.33. The summed E-state index contributed by atoms with van der Waals surface area (Å²) in [4.78, 5) is 4.34. The predicted molar refractivity (Wildman–Crippen MR) is 70.5 cm³/mol. The van der Waals surface area contributed by atoms with Crippen LogP contribution in [0.5, 0.6) is 0 Å². The number of imidazole rings is 1. The van der Waals surface area contributed by atoms with Gasteiger partial charge in [0.15, 0.2) is 0 Å². The highest BCUT2D eigenvalue weighted by Gasteiger charge is 2.27. The molecule has 2 aliphatic rings. The summed E-state index contributed by atoms with van der Waals surface area (Å²) >= 11 is 0. The summed E-state index contributed by atoms with van der Waals surface area (Å²) in [5.41, 5.74) is 1.24. The molecule has 100 valence electrons. The molecule has 1 N–H and O–H groups in total. The Hall–Kier alpha value is -0.870. The molecule has 0 amide bonds. The summed E-state index contributed by atoms with van der Waals surface area (Å²) in [6.07, 6.45) is 9.64. The minimum Gasteiger partial charge on any atom is -0.369 e. The number of hydrogen-bond donors (Lipinski definition) is 1. The average molecular weight is 249 g/mol. The fourth-order valence-corrected chi connectivity index (χ4v) is 3.33. The third kappa shape index (κ3) is 2.31. The number of aromatic nitrogens is 2. The largest absolute Gasteiger partial charge is 0.369 e. The lowest BCUT2D eigenvalue weighted by molar-refractivity contribution is 0.0214. The number of morpholine rings is 1. The summed E-state index contributed by atoms with van der Waals surface area (Å²) in [6.45, 7) is 5.00. The van der Waals surface area contributed by atoms with Crippen molar-refractivity contribution in [3.8, 4) is 0 Å². The van der Waals surface area contributed by atoms with Gasteiger partial charge in [-0.25, -0.2) is 4.98 Å². The molecule has 4 nitrogen and oxygen atoms in total. The molecule has 1 aromatic heterocycles. The highest BCUT2D eigenvalue weighted by Crippen LogP contribution is 2.35. The minimum absolute atomic E-state index is 0.171. The highest BCUT2D eigenvalue weighted by atomic mass is 16.5. The van der Waals surface area contributed by atoms with Crippen molar-refractivity contribution in [2.45, 2.75) is 44.8 Å². The zero-order valence-electron chi connectivity index (χ0n) is 11.1. The van der Waals surface area contributed by atoms with Gasteiger partial charge in [-0.15, -0.1) is 0 Å². The maximum absolute atomic E-state index is 5.85. The van der Waals surface area contributed by atoms with Crippen molar-refractivity contribution in [2.75, 3.05) is 19.7 Å². The van der Waals surface area contributed by atoms with Gasteiger partial charge in [0.25, 0.3) is 0 Å². The second kappa shape index (κ2) is 5.41. The van der Waals surface area contributed by atoms with Gasteiger partial charge in [0.05, 0.1) is 24.8 Å². The van der Waals surface area contributed by atoms with Crippen molar-refractivity contribution in [3.05, 3.63) is 18.2 Å². The quantitative estimate of drug-likeness (QED) is 0.893. The smallest absolute Gasteiger partial charge is 0.111 e. The van der Waals surface area contributed by atoms with Crippen LogP contribution in [0.2, 0.25) is 0 Å². The zero-order valence-corrected chi connectivity index (χ0v) is 11.1. The minimum atomic E-state index is 0.171. The Morgan fingerprint density at radius 3 is 3.00 bits per heavy atom. The molecule has 1 saturated carbocycles. The van der Waals surface area contributed by atoms with Crippen molar-refractivity contribution < 1.29 is 4.74 Å². The maximum atomic E-state index is 5.85. The Labute approximate surface area is 109 Å². The van der Waals surface area contributed by atoms with Crippen LogP contribution in [-0.4, -0.2) is 29.2 Å². The molecule has 2 heterocycles. The van der Waals surface area contributed by atoms with Crippen LogP contribution in [0.4, 0.5) is 0 Å². The fraction of sp³-hybridized carbons (Fsp3) is 0.786. The van der Waals surface area contributed by atoms with Crippen molar-refractivity contribution in [1.82, 2.24) is 14.9 Å². The normalized spacial score (nSPS) is 27.5. The van der Waals surface area contributed by atoms with Crippen LogP contribution >= 0.6 is 0 Å². The van der Waals surface area contributed by atoms with E-state index in [0.29, 0.717) is 6.04 Å². The molecule has 1 aliphatic carbocycles. The molecule has 0 aromatic carbocycles. The molecule has 2 unspecified atom stereocenters. The molecular formula is C14H23N3O. The zero-order chi connectivity index (χ0) is 12.4. The first-order chi connectivity index (χ1) is 8.86. The second-order valence-electron chi connectivity index (χ2n) is 5.57. The number of hydrogen-bond acceptors (Lipinski definition) is 3. The molecule has 1 aliphatic heterocycles. The van der Waals surface area contributed by atoms with Gasteiger partial charge in [-0.05, 0) is 25.7 Å². The van der Waals surface area contributed by atoms with Crippen LogP contribution in [0, 0.1) is 5.92 Å². The summed E-state index contributed by atoms with van der Waals surface area (Å²) in [5, 5.41) is 3.39. The summed E-state index contributed by atoms with van der Waals surface area (Å²) in [5.74, 6) is 0.814. The van der Waals surface area contributed by atoms with Crippen molar-refractivity contribution in [3.63, 3.8) is 0 Å². The monoisotopic (exact) mass is 249 g/mol. The van der Waals surface area contributed by atoms with Gasteiger partial charge >= 0.3 is 0 Å². The van der Waals surface area contributed by atoms with Crippen molar-refractivity contribution in [2.24, 2.45) is 5.92 Å². The van der Waals surface area contributed by atoms with Crippen molar-refractivity contribution in [1.29, 1.82) is 0 Å². The second-order valence-corrected chi connectivity index (χ2v) is 5.57. The number of nitrogens with zero attached hydrogens (tertiary/aromatic N) is 2. The first-order valence-electron chi connectivity index (χ1n) is 7.20. The molecule has 3 rings (SSSR count). The van der Waals surface area contributed by atoms with Crippen LogP contribution in [0.1, 0.15) is 50.4 Å². The van der Waals surface area contributed by atoms with Crippen LogP contribution < -0.4 is 5.32 Å². The van der Waals surface area contributed by atoms with E-state index in [-0.39, 0.29) is 6.10 Å². The van der Waals surface area contributed by atoms with Gasteiger partial charge in [-0.3, -0.25) is 0 Å². The molecule has 18 heavy (non-hydrogen) atoms. The Balaban J connectivity index is 1.77. The predicted octanol–water partition coefficient (Wildman–Crippen LogP) is 2.30. The van der Waals surface area contributed by atoms with Crippen LogP contribution in [0.3, 0.4) is 0 Å². The number of rotatable bonds is 3. The number of nitrogens with one attached hydrogen (secondary N) is 1. The van der Waals surface area contributed by atoms with Crippen LogP contribution in [-0.2, 0) is 4.74 Å². The lowest BCUT2D eigenvalue weighted by Gasteiger charge is -2.28.